The Kier molecular flexibility index (Phi) is 6.08. The number of sulfonamides is 1. The third-order valence-corrected chi connectivity index (χ3v) is 6.08. The average molecular weight is 369 g/mol. The molecule has 0 radical (unpaired) electrons. The molecule has 8 heteroatoms. The molecule has 2 rings (SSSR count). The molecular weight excluding hydrogens is 340 g/mol. The van der Waals surface area contributed by atoms with Gasteiger partial charge in [0.1, 0.15) is 5.75 Å². The summed E-state index contributed by atoms with van der Waals surface area (Å²) in [7, 11) is -3.62. The van der Waals surface area contributed by atoms with Crippen LogP contribution in [0.1, 0.15) is 19.4 Å². The number of nitrogens with one attached hydrogen (secondary N) is 1. The molecule has 1 saturated heterocycles. The molecule has 140 valence electrons. The second-order valence-electron chi connectivity index (χ2n) is 7.12. The first-order valence-corrected chi connectivity index (χ1v) is 10.0. The quantitative estimate of drug-likeness (QED) is 0.753. The number of nitrogens with zero attached hydrogens (tertiary/aromatic N) is 2. The van der Waals surface area contributed by atoms with Crippen molar-refractivity contribution in [3.8, 4) is 0 Å². The highest BCUT2D eigenvalue weighted by Crippen LogP contribution is 2.19. The Hall–Kier alpha value is -1.64. The fraction of sp³-hybridized carbons (Fsp3) is 0.588. The SMILES string of the molecule is Cc1cccc(N2CCN(S(=O)(=O)CC(=O)NC(C)(C)CN)CC2)c1. The number of piperazine rings is 1. The van der Waals surface area contributed by atoms with Gasteiger partial charge in [0.15, 0.2) is 0 Å². The molecule has 3 N–H and O–H groups in total. The van der Waals surface area contributed by atoms with Crippen molar-refractivity contribution in [2.75, 3.05) is 43.4 Å². The lowest BCUT2D eigenvalue weighted by Crippen LogP contribution is -2.54. The zero-order valence-electron chi connectivity index (χ0n) is 15.2. The molecule has 25 heavy (non-hydrogen) atoms. The second kappa shape index (κ2) is 7.72. The van der Waals surface area contributed by atoms with Crippen molar-refractivity contribution in [2.45, 2.75) is 26.3 Å². The Balaban J connectivity index is 1.93. The van der Waals surface area contributed by atoms with Crippen molar-refractivity contribution in [2.24, 2.45) is 5.73 Å². The van der Waals surface area contributed by atoms with Crippen LogP contribution >= 0.6 is 0 Å². The predicted molar refractivity (Wildman–Crippen MR) is 100 cm³/mol. The summed E-state index contributed by atoms with van der Waals surface area (Å²) >= 11 is 0. The fourth-order valence-electron chi connectivity index (χ4n) is 2.77. The summed E-state index contributed by atoms with van der Waals surface area (Å²) in [6, 6.07) is 8.15. The zero-order chi connectivity index (χ0) is 18.7. The van der Waals surface area contributed by atoms with E-state index in [0.717, 1.165) is 5.69 Å². The van der Waals surface area contributed by atoms with Crippen molar-refractivity contribution in [3.63, 3.8) is 0 Å². The van der Waals surface area contributed by atoms with Gasteiger partial charge in [-0.1, -0.05) is 12.1 Å². The van der Waals surface area contributed by atoms with E-state index >= 15 is 0 Å². The smallest absolute Gasteiger partial charge is 0.237 e. The maximum atomic E-state index is 12.5. The zero-order valence-corrected chi connectivity index (χ0v) is 16.0. The molecule has 1 heterocycles. The number of nitrogens with two attached hydrogens (primary N) is 1. The van der Waals surface area contributed by atoms with Gasteiger partial charge in [-0.3, -0.25) is 4.79 Å². The van der Waals surface area contributed by atoms with Gasteiger partial charge >= 0.3 is 0 Å². The predicted octanol–water partition coefficient (Wildman–Crippen LogP) is 0.300. The Morgan fingerprint density at radius 2 is 1.88 bits per heavy atom. The topological polar surface area (TPSA) is 95.7 Å². The summed E-state index contributed by atoms with van der Waals surface area (Å²) in [6.45, 7) is 7.78. The van der Waals surface area contributed by atoms with Gasteiger partial charge in [0.25, 0.3) is 0 Å². The maximum Gasteiger partial charge on any atom is 0.237 e. The highest BCUT2D eigenvalue weighted by molar-refractivity contribution is 7.89. The van der Waals surface area contributed by atoms with Gasteiger partial charge in [-0.25, -0.2) is 8.42 Å². The van der Waals surface area contributed by atoms with Gasteiger partial charge in [-0.15, -0.1) is 0 Å². The number of amides is 1. The molecule has 0 bridgehead atoms. The number of carbonyl (C=O) groups is 1. The normalized spacial score (nSPS) is 16.7. The van der Waals surface area contributed by atoms with E-state index in [1.54, 1.807) is 13.8 Å². The summed E-state index contributed by atoms with van der Waals surface area (Å²) in [4.78, 5) is 14.2. The molecular formula is C17H28N4O3S. The van der Waals surface area contributed by atoms with E-state index in [9.17, 15) is 13.2 Å². The van der Waals surface area contributed by atoms with Crippen LogP contribution in [0.4, 0.5) is 5.69 Å². The molecule has 0 atom stereocenters. The van der Waals surface area contributed by atoms with E-state index < -0.39 is 27.2 Å². The molecule has 7 nitrogen and oxygen atoms in total. The van der Waals surface area contributed by atoms with Crippen LogP contribution in [0.15, 0.2) is 24.3 Å². The average Bonchev–Trinajstić information content (AvgIpc) is 2.54. The van der Waals surface area contributed by atoms with Gasteiger partial charge in [-0.05, 0) is 38.5 Å². The van der Waals surface area contributed by atoms with Crippen LogP contribution in [-0.2, 0) is 14.8 Å². The summed E-state index contributed by atoms with van der Waals surface area (Å²) in [5, 5.41) is 2.66. The summed E-state index contributed by atoms with van der Waals surface area (Å²) in [6.07, 6.45) is 0. The number of anilines is 1. The summed E-state index contributed by atoms with van der Waals surface area (Å²) in [5.41, 5.74) is 7.22. The van der Waals surface area contributed by atoms with Crippen LogP contribution in [0.2, 0.25) is 0 Å². The first-order chi connectivity index (χ1) is 11.6. The highest BCUT2D eigenvalue weighted by atomic mass is 32.2. The van der Waals surface area contributed by atoms with Crippen molar-refractivity contribution < 1.29 is 13.2 Å². The van der Waals surface area contributed by atoms with Crippen molar-refractivity contribution in [1.29, 1.82) is 0 Å². The third-order valence-electron chi connectivity index (χ3n) is 4.30. The third kappa shape index (κ3) is 5.42. The Bertz CT molecular complexity index is 710. The lowest BCUT2D eigenvalue weighted by atomic mass is 10.1. The largest absolute Gasteiger partial charge is 0.369 e. The molecule has 0 aromatic heterocycles. The number of hydrogen-bond acceptors (Lipinski definition) is 5. The number of hydrogen-bond donors (Lipinski definition) is 2. The van der Waals surface area contributed by atoms with Gasteiger partial charge in [0.2, 0.25) is 15.9 Å². The van der Waals surface area contributed by atoms with Crippen molar-refractivity contribution >= 4 is 21.6 Å². The lowest BCUT2D eigenvalue weighted by Gasteiger charge is -2.35. The van der Waals surface area contributed by atoms with E-state index in [-0.39, 0.29) is 6.54 Å². The summed E-state index contributed by atoms with van der Waals surface area (Å²) < 4.78 is 26.4. The Labute approximate surface area is 150 Å². The maximum absolute atomic E-state index is 12.5. The van der Waals surface area contributed by atoms with E-state index in [1.165, 1.54) is 9.87 Å². The van der Waals surface area contributed by atoms with E-state index in [0.29, 0.717) is 26.2 Å². The van der Waals surface area contributed by atoms with Crippen LogP contribution in [0.5, 0.6) is 0 Å². The molecule has 1 amide bonds. The minimum absolute atomic E-state index is 0.244. The van der Waals surface area contributed by atoms with Gasteiger partial charge in [0.05, 0.1) is 0 Å². The molecule has 0 aliphatic carbocycles. The Morgan fingerprint density at radius 3 is 2.44 bits per heavy atom. The molecule has 0 spiro atoms. The Morgan fingerprint density at radius 1 is 1.24 bits per heavy atom. The van der Waals surface area contributed by atoms with Crippen LogP contribution < -0.4 is 16.0 Å². The molecule has 1 fully saturated rings. The number of aryl methyl sites for hydroxylation is 1. The van der Waals surface area contributed by atoms with Gasteiger partial charge in [-0.2, -0.15) is 4.31 Å². The molecule has 0 saturated carbocycles. The minimum Gasteiger partial charge on any atom is -0.369 e. The molecule has 1 aliphatic rings. The minimum atomic E-state index is -3.62. The number of rotatable bonds is 6. The van der Waals surface area contributed by atoms with Crippen LogP contribution in [0.25, 0.3) is 0 Å². The second-order valence-corrected chi connectivity index (χ2v) is 9.09. The molecule has 1 aromatic carbocycles. The highest BCUT2D eigenvalue weighted by Gasteiger charge is 2.30. The van der Waals surface area contributed by atoms with Crippen LogP contribution in [0, 0.1) is 6.92 Å². The van der Waals surface area contributed by atoms with E-state index in [4.69, 9.17) is 5.73 Å². The first kappa shape index (κ1) is 19.7. The molecule has 0 unspecified atom stereocenters. The standard InChI is InChI=1S/C17H28N4O3S/c1-14-5-4-6-15(11-14)20-7-9-21(10-8-20)25(23,24)12-16(22)19-17(2,3)13-18/h4-6,11H,7-10,12-13,18H2,1-3H3,(H,19,22). The van der Waals surface area contributed by atoms with Crippen LogP contribution in [-0.4, -0.2) is 62.6 Å². The van der Waals surface area contributed by atoms with Gasteiger partial charge in [0, 0.05) is 44.0 Å². The van der Waals surface area contributed by atoms with Crippen molar-refractivity contribution in [1.82, 2.24) is 9.62 Å². The van der Waals surface area contributed by atoms with Crippen molar-refractivity contribution in [3.05, 3.63) is 29.8 Å². The first-order valence-electron chi connectivity index (χ1n) is 8.43. The molecule has 1 aliphatic heterocycles. The van der Waals surface area contributed by atoms with E-state index in [2.05, 4.69) is 16.3 Å². The van der Waals surface area contributed by atoms with Crippen LogP contribution in [0.3, 0.4) is 0 Å². The van der Waals surface area contributed by atoms with Gasteiger partial charge < -0.3 is 16.0 Å². The number of carbonyl (C=O) groups excluding carboxylic acids is 1. The summed E-state index contributed by atoms with van der Waals surface area (Å²) in [5.74, 6) is -1.06. The lowest BCUT2D eigenvalue weighted by molar-refractivity contribution is -0.120. The molecule has 1 aromatic rings. The number of benzene rings is 1. The fourth-order valence-corrected chi connectivity index (χ4v) is 4.08. The monoisotopic (exact) mass is 368 g/mol. The van der Waals surface area contributed by atoms with E-state index in [1.807, 2.05) is 25.1 Å².